The monoisotopic (exact) mass is 358 g/mol. The van der Waals surface area contributed by atoms with Crippen molar-refractivity contribution in [2.45, 2.75) is 64.4 Å². The van der Waals surface area contributed by atoms with Crippen molar-refractivity contribution >= 4 is 0 Å². The van der Waals surface area contributed by atoms with Crippen LogP contribution in [0.5, 0.6) is 5.88 Å². The largest absolute Gasteiger partial charge is 0.474 e. The lowest BCUT2D eigenvalue weighted by Crippen LogP contribution is -2.44. The number of hydrogen-bond acceptors (Lipinski definition) is 7. The number of ether oxygens (including phenoxy) is 2. The van der Waals surface area contributed by atoms with Crippen LogP contribution in [0.3, 0.4) is 0 Å². The van der Waals surface area contributed by atoms with Crippen LogP contribution in [0.2, 0.25) is 0 Å². The standard InChI is InChI=1S/C19H26N4O3/c1-13-10-23(11-14(2)24-13)12-17-21-18(22-26-17)16-8-5-9-20-19(16)25-15-6-3-4-7-15/h5,8-9,13-15H,3-4,6-7,10-12H2,1-2H3. The Morgan fingerprint density at radius 3 is 2.73 bits per heavy atom. The van der Waals surface area contributed by atoms with E-state index in [-0.39, 0.29) is 18.3 Å². The highest BCUT2D eigenvalue weighted by atomic mass is 16.5. The van der Waals surface area contributed by atoms with Crippen LogP contribution in [0.4, 0.5) is 0 Å². The Labute approximate surface area is 153 Å². The van der Waals surface area contributed by atoms with Gasteiger partial charge in [0.25, 0.3) is 0 Å². The highest BCUT2D eigenvalue weighted by molar-refractivity contribution is 5.60. The highest BCUT2D eigenvalue weighted by Crippen LogP contribution is 2.30. The fraction of sp³-hybridized carbons (Fsp3) is 0.632. The van der Waals surface area contributed by atoms with E-state index in [4.69, 9.17) is 14.0 Å². The zero-order chi connectivity index (χ0) is 17.9. The van der Waals surface area contributed by atoms with Crippen molar-refractivity contribution in [3.05, 3.63) is 24.2 Å². The topological polar surface area (TPSA) is 73.5 Å². The SMILES string of the molecule is CC1CN(Cc2nc(-c3cccnc3OC3CCCC3)no2)CC(C)O1. The number of nitrogens with zero attached hydrogens (tertiary/aromatic N) is 4. The number of hydrogen-bond donors (Lipinski definition) is 0. The molecule has 4 rings (SSSR count). The second-order valence-corrected chi connectivity index (χ2v) is 7.34. The number of pyridine rings is 1. The second kappa shape index (κ2) is 7.72. The van der Waals surface area contributed by atoms with Crippen molar-refractivity contribution in [2.24, 2.45) is 0 Å². The average molecular weight is 358 g/mol. The lowest BCUT2D eigenvalue weighted by atomic mass is 10.2. The summed E-state index contributed by atoms with van der Waals surface area (Å²) >= 11 is 0. The Hall–Kier alpha value is -1.99. The fourth-order valence-corrected chi connectivity index (χ4v) is 3.85. The van der Waals surface area contributed by atoms with E-state index in [0.29, 0.717) is 24.1 Å². The molecule has 3 heterocycles. The predicted octanol–water partition coefficient (Wildman–Crippen LogP) is 3.06. The Morgan fingerprint density at radius 1 is 1.19 bits per heavy atom. The molecule has 2 aromatic heterocycles. The van der Waals surface area contributed by atoms with Crippen LogP contribution in [0, 0.1) is 0 Å². The fourth-order valence-electron chi connectivity index (χ4n) is 3.85. The highest BCUT2D eigenvalue weighted by Gasteiger charge is 2.25. The first-order chi connectivity index (χ1) is 12.7. The number of aromatic nitrogens is 3. The molecule has 0 N–H and O–H groups in total. The molecule has 2 unspecified atom stereocenters. The minimum Gasteiger partial charge on any atom is -0.474 e. The lowest BCUT2D eigenvalue weighted by Gasteiger charge is -2.34. The van der Waals surface area contributed by atoms with Crippen LogP contribution >= 0.6 is 0 Å². The van der Waals surface area contributed by atoms with Crippen molar-refractivity contribution in [3.63, 3.8) is 0 Å². The van der Waals surface area contributed by atoms with Gasteiger partial charge in [-0.15, -0.1) is 0 Å². The van der Waals surface area contributed by atoms with Gasteiger partial charge < -0.3 is 14.0 Å². The summed E-state index contributed by atoms with van der Waals surface area (Å²) in [4.78, 5) is 11.3. The molecule has 2 aliphatic rings. The Morgan fingerprint density at radius 2 is 1.96 bits per heavy atom. The molecule has 0 spiro atoms. The number of rotatable bonds is 5. The van der Waals surface area contributed by atoms with Gasteiger partial charge in [-0.2, -0.15) is 4.98 Å². The van der Waals surface area contributed by atoms with E-state index in [1.54, 1.807) is 6.20 Å². The van der Waals surface area contributed by atoms with Gasteiger partial charge in [0.05, 0.1) is 24.3 Å². The lowest BCUT2D eigenvalue weighted by molar-refractivity contribution is -0.0725. The summed E-state index contributed by atoms with van der Waals surface area (Å²) in [5, 5.41) is 4.16. The Balaban J connectivity index is 1.47. The summed E-state index contributed by atoms with van der Waals surface area (Å²) in [6, 6.07) is 3.81. The van der Waals surface area contributed by atoms with E-state index in [9.17, 15) is 0 Å². The van der Waals surface area contributed by atoms with Gasteiger partial charge in [0.1, 0.15) is 6.10 Å². The van der Waals surface area contributed by atoms with Crippen LogP contribution in [0.15, 0.2) is 22.9 Å². The van der Waals surface area contributed by atoms with Crippen molar-refractivity contribution in [2.75, 3.05) is 13.1 Å². The quantitative estimate of drug-likeness (QED) is 0.813. The summed E-state index contributed by atoms with van der Waals surface area (Å²) in [7, 11) is 0. The van der Waals surface area contributed by atoms with Crippen LogP contribution < -0.4 is 4.74 Å². The minimum absolute atomic E-state index is 0.214. The van der Waals surface area contributed by atoms with E-state index >= 15 is 0 Å². The molecular formula is C19H26N4O3. The van der Waals surface area contributed by atoms with Gasteiger partial charge >= 0.3 is 0 Å². The third kappa shape index (κ3) is 4.04. The first-order valence-electron chi connectivity index (χ1n) is 9.50. The van der Waals surface area contributed by atoms with E-state index < -0.39 is 0 Å². The van der Waals surface area contributed by atoms with Gasteiger partial charge in [0, 0.05) is 19.3 Å². The zero-order valence-corrected chi connectivity index (χ0v) is 15.4. The molecule has 2 aromatic rings. The van der Waals surface area contributed by atoms with Crippen LogP contribution in [-0.4, -0.2) is 51.4 Å². The summed E-state index contributed by atoms with van der Waals surface area (Å²) < 4.78 is 17.4. The summed E-state index contributed by atoms with van der Waals surface area (Å²) in [6.45, 7) is 6.54. The van der Waals surface area contributed by atoms with E-state index in [2.05, 4.69) is 33.9 Å². The molecule has 2 atom stereocenters. The van der Waals surface area contributed by atoms with Gasteiger partial charge in [0.2, 0.25) is 17.6 Å². The molecule has 140 valence electrons. The molecule has 2 fully saturated rings. The maximum Gasteiger partial charge on any atom is 0.241 e. The maximum absolute atomic E-state index is 6.09. The summed E-state index contributed by atoms with van der Waals surface area (Å²) in [5.74, 6) is 1.74. The molecule has 1 saturated heterocycles. The van der Waals surface area contributed by atoms with Crippen LogP contribution in [-0.2, 0) is 11.3 Å². The van der Waals surface area contributed by atoms with Gasteiger partial charge in [-0.05, 0) is 51.7 Å². The average Bonchev–Trinajstić information content (AvgIpc) is 3.26. The molecular weight excluding hydrogens is 332 g/mol. The summed E-state index contributed by atoms with van der Waals surface area (Å²) in [6.07, 6.45) is 7.02. The van der Waals surface area contributed by atoms with E-state index in [1.165, 1.54) is 12.8 Å². The van der Waals surface area contributed by atoms with Crippen LogP contribution in [0.25, 0.3) is 11.4 Å². The molecule has 0 bridgehead atoms. The molecule has 0 radical (unpaired) electrons. The van der Waals surface area contributed by atoms with Crippen molar-refractivity contribution in [3.8, 4) is 17.3 Å². The van der Waals surface area contributed by atoms with Crippen molar-refractivity contribution in [1.82, 2.24) is 20.0 Å². The first-order valence-corrected chi connectivity index (χ1v) is 9.50. The first kappa shape index (κ1) is 17.4. The van der Waals surface area contributed by atoms with Crippen molar-refractivity contribution in [1.29, 1.82) is 0 Å². The van der Waals surface area contributed by atoms with Gasteiger partial charge in [0.15, 0.2) is 0 Å². The van der Waals surface area contributed by atoms with E-state index in [0.717, 1.165) is 31.5 Å². The molecule has 7 heteroatoms. The maximum atomic E-state index is 6.09. The second-order valence-electron chi connectivity index (χ2n) is 7.34. The molecule has 26 heavy (non-hydrogen) atoms. The van der Waals surface area contributed by atoms with Crippen molar-refractivity contribution < 1.29 is 14.0 Å². The summed E-state index contributed by atoms with van der Waals surface area (Å²) in [5.41, 5.74) is 0.790. The minimum atomic E-state index is 0.214. The number of morpholine rings is 1. The smallest absolute Gasteiger partial charge is 0.241 e. The molecule has 1 aliphatic carbocycles. The molecule has 7 nitrogen and oxygen atoms in total. The predicted molar refractivity (Wildman–Crippen MR) is 95.7 cm³/mol. The van der Waals surface area contributed by atoms with Gasteiger partial charge in [-0.25, -0.2) is 4.98 Å². The molecule has 0 amide bonds. The van der Waals surface area contributed by atoms with Crippen LogP contribution in [0.1, 0.15) is 45.4 Å². The molecule has 0 aromatic carbocycles. The third-order valence-corrected chi connectivity index (χ3v) is 4.91. The van der Waals surface area contributed by atoms with Gasteiger partial charge in [-0.3, -0.25) is 4.90 Å². The molecule has 1 saturated carbocycles. The van der Waals surface area contributed by atoms with Gasteiger partial charge in [-0.1, -0.05) is 5.16 Å². The molecule has 1 aliphatic heterocycles. The normalized spacial score (nSPS) is 24.8. The Kier molecular flexibility index (Phi) is 5.17. The third-order valence-electron chi connectivity index (χ3n) is 4.91. The zero-order valence-electron chi connectivity index (χ0n) is 15.4. The Bertz CT molecular complexity index is 719. The van der Waals surface area contributed by atoms with E-state index in [1.807, 2.05) is 12.1 Å².